The number of nitrogens with zero attached hydrogens (tertiary/aromatic N) is 1. The number of para-hydroxylation sites is 1. The number of benzene rings is 2. The maximum atomic E-state index is 12.8. The first kappa shape index (κ1) is 17.5. The molecule has 1 amide bonds. The number of esters is 1. The van der Waals surface area contributed by atoms with Gasteiger partial charge in [0.05, 0.1) is 38.4 Å². The molecule has 0 saturated carbocycles. The molecule has 26 heavy (non-hydrogen) atoms. The van der Waals surface area contributed by atoms with E-state index in [4.69, 9.17) is 9.47 Å². The lowest BCUT2D eigenvalue weighted by atomic mass is 10.1. The number of amides is 1. The van der Waals surface area contributed by atoms with Gasteiger partial charge in [-0.3, -0.25) is 4.79 Å². The second-order valence-electron chi connectivity index (χ2n) is 5.84. The SMILES string of the molecule is COC(=O)C1=C(O)c2ccccc2N(Cc2ccc(OC)cc2)C(=O)C1. The van der Waals surface area contributed by atoms with E-state index in [2.05, 4.69) is 0 Å². The van der Waals surface area contributed by atoms with Gasteiger partial charge in [-0.15, -0.1) is 0 Å². The van der Waals surface area contributed by atoms with Gasteiger partial charge in [-0.2, -0.15) is 0 Å². The molecule has 1 N–H and O–H groups in total. The fourth-order valence-electron chi connectivity index (χ4n) is 2.92. The number of aliphatic hydroxyl groups is 1. The van der Waals surface area contributed by atoms with Crippen LogP contribution in [0.15, 0.2) is 54.1 Å². The topological polar surface area (TPSA) is 76.1 Å². The molecule has 0 unspecified atom stereocenters. The first-order chi connectivity index (χ1) is 12.5. The van der Waals surface area contributed by atoms with E-state index in [0.29, 0.717) is 17.8 Å². The highest BCUT2D eigenvalue weighted by Gasteiger charge is 2.31. The third-order valence-electron chi connectivity index (χ3n) is 4.30. The average molecular weight is 353 g/mol. The van der Waals surface area contributed by atoms with Gasteiger partial charge in [-0.05, 0) is 29.8 Å². The van der Waals surface area contributed by atoms with Gasteiger partial charge in [-0.1, -0.05) is 24.3 Å². The van der Waals surface area contributed by atoms with Crippen LogP contribution in [0.5, 0.6) is 5.75 Å². The number of carbonyl (C=O) groups is 2. The van der Waals surface area contributed by atoms with E-state index in [9.17, 15) is 14.7 Å². The molecule has 0 atom stereocenters. The fourth-order valence-corrected chi connectivity index (χ4v) is 2.92. The van der Waals surface area contributed by atoms with Gasteiger partial charge in [0.2, 0.25) is 5.91 Å². The van der Waals surface area contributed by atoms with E-state index in [1.807, 2.05) is 24.3 Å². The highest BCUT2D eigenvalue weighted by atomic mass is 16.5. The first-order valence-electron chi connectivity index (χ1n) is 8.08. The Morgan fingerprint density at radius 3 is 2.46 bits per heavy atom. The molecule has 134 valence electrons. The van der Waals surface area contributed by atoms with Crippen molar-refractivity contribution in [3.63, 3.8) is 0 Å². The average Bonchev–Trinajstić information content (AvgIpc) is 2.78. The zero-order valence-corrected chi connectivity index (χ0v) is 14.6. The number of hydrogen-bond donors (Lipinski definition) is 1. The van der Waals surface area contributed by atoms with E-state index < -0.39 is 5.97 Å². The first-order valence-corrected chi connectivity index (χ1v) is 8.08. The Kier molecular flexibility index (Phi) is 4.93. The normalized spacial score (nSPS) is 13.9. The van der Waals surface area contributed by atoms with Crippen LogP contribution in [0.1, 0.15) is 17.5 Å². The maximum Gasteiger partial charge on any atom is 0.338 e. The number of methoxy groups -OCH3 is 2. The summed E-state index contributed by atoms with van der Waals surface area (Å²) in [5.41, 5.74) is 1.83. The molecular weight excluding hydrogens is 334 g/mol. The van der Waals surface area contributed by atoms with Crippen LogP contribution in [-0.2, 0) is 20.9 Å². The molecular formula is C20H19NO5. The minimum Gasteiger partial charge on any atom is -0.507 e. The number of carbonyl (C=O) groups excluding carboxylic acids is 2. The van der Waals surface area contributed by atoms with Gasteiger partial charge in [0.25, 0.3) is 0 Å². The van der Waals surface area contributed by atoms with Crippen molar-refractivity contribution >= 4 is 23.3 Å². The van der Waals surface area contributed by atoms with Crippen molar-refractivity contribution in [2.75, 3.05) is 19.1 Å². The van der Waals surface area contributed by atoms with Crippen molar-refractivity contribution in [3.05, 3.63) is 65.2 Å². The summed E-state index contributed by atoms with van der Waals surface area (Å²) in [5.74, 6) is -0.503. The van der Waals surface area contributed by atoms with Gasteiger partial charge < -0.3 is 19.5 Å². The molecule has 1 heterocycles. The quantitative estimate of drug-likeness (QED) is 0.855. The van der Waals surface area contributed by atoms with Crippen molar-refractivity contribution in [2.24, 2.45) is 0 Å². The molecule has 0 bridgehead atoms. The Labute approximate surface area is 151 Å². The molecule has 0 saturated heterocycles. The molecule has 3 rings (SSSR count). The largest absolute Gasteiger partial charge is 0.507 e. The second-order valence-corrected chi connectivity index (χ2v) is 5.84. The van der Waals surface area contributed by atoms with Crippen LogP contribution in [0.4, 0.5) is 5.69 Å². The third kappa shape index (κ3) is 3.26. The van der Waals surface area contributed by atoms with Crippen LogP contribution < -0.4 is 9.64 Å². The minimum atomic E-state index is -0.711. The molecule has 0 radical (unpaired) electrons. The van der Waals surface area contributed by atoms with Gasteiger partial charge in [-0.25, -0.2) is 4.79 Å². The summed E-state index contributed by atoms with van der Waals surface area (Å²) < 4.78 is 9.87. The number of fused-ring (bicyclic) bond motifs is 1. The summed E-state index contributed by atoms with van der Waals surface area (Å²) >= 11 is 0. The molecule has 6 heteroatoms. The van der Waals surface area contributed by atoms with Crippen LogP contribution in [0.25, 0.3) is 5.76 Å². The molecule has 0 spiro atoms. The third-order valence-corrected chi connectivity index (χ3v) is 4.30. The number of anilines is 1. The highest BCUT2D eigenvalue weighted by Crippen LogP contribution is 2.34. The van der Waals surface area contributed by atoms with Crippen LogP contribution >= 0.6 is 0 Å². The summed E-state index contributed by atoms with van der Waals surface area (Å²) in [6.07, 6.45) is -0.233. The predicted octanol–water partition coefficient (Wildman–Crippen LogP) is 3.07. The summed E-state index contributed by atoms with van der Waals surface area (Å²) in [5, 5.41) is 10.6. The number of ether oxygens (including phenoxy) is 2. The zero-order valence-electron chi connectivity index (χ0n) is 14.6. The predicted molar refractivity (Wildman–Crippen MR) is 96.8 cm³/mol. The van der Waals surface area contributed by atoms with Gasteiger partial charge in [0.15, 0.2) is 0 Å². The van der Waals surface area contributed by atoms with E-state index in [0.717, 1.165) is 11.3 Å². The lowest BCUT2D eigenvalue weighted by Gasteiger charge is -2.23. The van der Waals surface area contributed by atoms with Crippen LogP contribution in [0.3, 0.4) is 0 Å². The van der Waals surface area contributed by atoms with Gasteiger partial charge in [0.1, 0.15) is 11.5 Å². The van der Waals surface area contributed by atoms with E-state index >= 15 is 0 Å². The van der Waals surface area contributed by atoms with Gasteiger partial charge in [0, 0.05) is 5.56 Å². The Morgan fingerprint density at radius 2 is 1.81 bits per heavy atom. The minimum absolute atomic E-state index is 0.0396. The van der Waals surface area contributed by atoms with E-state index in [1.54, 1.807) is 36.3 Å². The zero-order chi connectivity index (χ0) is 18.7. The molecule has 0 aromatic heterocycles. The summed E-state index contributed by atoms with van der Waals surface area (Å²) in [6.45, 7) is 0.307. The summed E-state index contributed by atoms with van der Waals surface area (Å²) in [7, 11) is 2.81. The Morgan fingerprint density at radius 1 is 1.12 bits per heavy atom. The van der Waals surface area contributed by atoms with Crippen molar-refractivity contribution in [2.45, 2.75) is 13.0 Å². The second kappa shape index (κ2) is 7.31. The number of rotatable bonds is 4. The molecule has 2 aromatic carbocycles. The van der Waals surface area contributed by atoms with Crippen LogP contribution in [0, 0.1) is 0 Å². The summed E-state index contributed by atoms with van der Waals surface area (Å²) in [6, 6.07) is 14.3. The monoisotopic (exact) mass is 353 g/mol. The molecule has 0 aliphatic carbocycles. The van der Waals surface area contributed by atoms with Crippen LogP contribution in [-0.4, -0.2) is 31.2 Å². The maximum absolute atomic E-state index is 12.8. The lowest BCUT2D eigenvalue weighted by molar-refractivity contribution is -0.137. The van der Waals surface area contributed by atoms with Crippen molar-refractivity contribution in [1.82, 2.24) is 0 Å². The highest BCUT2D eigenvalue weighted by molar-refractivity contribution is 6.09. The van der Waals surface area contributed by atoms with E-state index in [-0.39, 0.29) is 23.7 Å². The number of aliphatic hydroxyl groups excluding tert-OH is 1. The molecule has 2 aromatic rings. The van der Waals surface area contributed by atoms with Gasteiger partial charge >= 0.3 is 5.97 Å². The summed E-state index contributed by atoms with van der Waals surface area (Å²) in [4.78, 5) is 26.4. The molecule has 1 aliphatic rings. The lowest BCUT2D eigenvalue weighted by Crippen LogP contribution is -2.30. The molecule has 0 fully saturated rings. The van der Waals surface area contributed by atoms with Crippen molar-refractivity contribution < 1.29 is 24.2 Å². The fraction of sp³-hybridized carbons (Fsp3) is 0.200. The Bertz CT molecular complexity index is 870. The van der Waals surface area contributed by atoms with Crippen LogP contribution in [0.2, 0.25) is 0 Å². The smallest absolute Gasteiger partial charge is 0.338 e. The Balaban J connectivity index is 2.01. The molecule has 1 aliphatic heterocycles. The standard InChI is InChI=1S/C20H19NO5/c1-25-14-9-7-13(8-10-14)12-21-17-6-4-3-5-15(17)19(23)16(11-18(21)22)20(24)26-2/h3-10,23H,11-12H2,1-2H3. The van der Waals surface area contributed by atoms with Crippen molar-refractivity contribution in [3.8, 4) is 5.75 Å². The Hall–Kier alpha value is -3.28. The van der Waals surface area contributed by atoms with Crippen molar-refractivity contribution in [1.29, 1.82) is 0 Å². The van der Waals surface area contributed by atoms with E-state index in [1.165, 1.54) is 7.11 Å². The molecule has 6 nitrogen and oxygen atoms in total. The number of hydrogen-bond acceptors (Lipinski definition) is 5.